The minimum Gasteiger partial charge on any atom is -0.355 e. The van der Waals surface area contributed by atoms with Crippen molar-refractivity contribution in [2.24, 2.45) is 0 Å². The molecule has 0 atom stereocenters. The first-order chi connectivity index (χ1) is 8.04. The third-order valence-corrected chi connectivity index (χ3v) is 4.14. The first kappa shape index (κ1) is 13.6. The Hall–Kier alpha value is 0.160. The van der Waals surface area contributed by atoms with E-state index >= 15 is 0 Å². The molecule has 0 aliphatic carbocycles. The Morgan fingerprint density at radius 3 is 1.94 bits per heavy atom. The summed E-state index contributed by atoms with van der Waals surface area (Å²) in [4.78, 5) is 0. The van der Waals surface area contributed by atoms with Crippen LogP contribution in [-0.4, -0.2) is 0 Å². The molecule has 0 unspecified atom stereocenters. The quantitative estimate of drug-likeness (QED) is 0.514. The van der Waals surface area contributed by atoms with Gasteiger partial charge in [0.05, 0.1) is 5.69 Å². The Balaban J connectivity index is 2.31. The van der Waals surface area contributed by atoms with Crippen molar-refractivity contribution < 1.29 is 0 Å². The van der Waals surface area contributed by atoms with E-state index in [1.54, 1.807) is 0 Å². The number of hydrogen-bond acceptors (Lipinski definition) is 1. The minimum atomic E-state index is 1.02. The Labute approximate surface area is 134 Å². The van der Waals surface area contributed by atoms with Gasteiger partial charge in [0.15, 0.2) is 0 Å². The van der Waals surface area contributed by atoms with Crippen LogP contribution < -0.4 is 5.32 Å². The van der Waals surface area contributed by atoms with Gasteiger partial charge >= 0.3 is 0 Å². The average molecular weight is 485 g/mol. The monoisotopic (exact) mass is 481 g/mol. The van der Waals surface area contributed by atoms with Crippen LogP contribution in [0.3, 0.4) is 0 Å². The van der Waals surface area contributed by atoms with E-state index in [4.69, 9.17) is 0 Å². The molecule has 2 aromatic rings. The van der Waals surface area contributed by atoms with Gasteiger partial charge in [0, 0.05) is 23.6 Å². The summed E-state index contributed by atoms with van der Waals surface area (Å²) in [5.74, 6) is 0. The lowest BCUT2D eigenvalue weighted by Gasteiger charge is -2.10. The standard InChI is InChI=1S/C12H7Br4N/c13-7-1-2-12(11(16)6-7)17-10-4-8(14)3-9(15)5-10/h1-6,17H. The molecule has 0 saturated carbocycles. The Kier molecular flexibility index (Phi) is 4.69. The van der Waals surface area contributed by atoms with Crippen molar-refractivity contribution in [2.75, 3.05) is 5.32 Å². The molecule has 0 aromatic heterocycles. The molecule has 2 rings (SSSR count). The fourth-order valence-corrected chi connectivity index (χ4v) is 3.81. The molecule has 0 radical (unpaired) electrons. The third kappa shape index (κ3) is 3.81. The number of nitrogens with one attached hydrogen (secondary N) is 1. The summed E-state index contributed by atoms with van der Waals surface area (Å²) >= 11 is 13.9. The molecule has 0 saturated heterocycles. The second-order valence-corrected chi connectivity index (χ2v) is 7.01. The highest BCUT2D eigenvalue weighted by molar-refractivity contribution is 9.11. The van der Waals surface area contributed by atoms with Gasteiger partial charge in [-0.25, -0.2) is 0 Å². The van der Waals surface area contributed by atoms with E-state index in [9.17, 15) is 0 Å². The molecular formula is C12H7Br4N. The summed E-state index contributed by atoms with van der Waals surface area (Å²) in [5, 5.41) is 3.35. The van der Waals surface area contributed by atoms with Gasteiger partial charge < -0.3 is 5.32 Å². The topological polar surface area (TPSA) is 12.0 Å². The predicted octanol–water partition coefficient (Wildman–Crippen LogP) is 6.48. The molecule has 0 heterocycles. The van der Waals surface area contributed by atoms with Crippen LogP contribution in [0, 0.1) is 0 Å². The zero-order valence-electron chi connectivity index (χ0n) is 8.48. The maximum Gasteiger partial charge on any atom is 0.0529 e. The second-order valence-electron chi connectivity index (χ2n) is 3.41. The van der Waals surface area contributed by atoms with Crippen LogP contribution in [0.4, 0.5) is 11.4 Å². The van der Waals surface area contributed by atoms with Gasteiger partial charge in [-0.1, -0.05) is 47.8 Å². The van der Waals surface area contributed by atoms with E-state index in [1.807, 2.05) is 36.4 Å². The summed E-state index contributed by atoms with van der Waals surface area (Å²) in [6.45, 7) is 0. The highest BCUT2D eigenvalue weighted by Gasteiger charge is 2.02. The van der Waals surface area contributed by atoms with Crippen LogP contribution in [-0.2, 0) is 0 Å². The van der Waals surface area contributed by atoms with Gasteiger partial charge in [-0.2, -0.15) is 0 Å². The third-order valence-electron chi connectivity index (χ3n) is 2.07. The van der Waals surface area contributed by atoms with E-state index in [-0.39, 0.29) is 0 Å². The van der Waals surface area contributed by atoms with E-state index in [0.717, 1.165) is 29.3 Å². The first-order valence-electron chi connectivity index (χ1n) is 4.73. The summed E-state index contributed by atoms with van der Waals surface area (Å²) in [7, 11) is 0. The van der Waals surface area contributed by atoms with Gasteiger partial charge in [0.25, 0.3) is 0 Å². The average Bonchev–Trinajstić information content (AvgIpc) is 2.21. The van der Waals surface area contributed by atoms with Crippen molar-refractivity contribution in [2.45, 2.75) is 0 Å². The Morgan fingerprint density at radius 2 is 1.35 bits per heavy atom. The summed E-state index contributed by atoms with van der Waals surface area (Å²) in [6.07, 6.45) is 0. The molecule has 1 N–H and O–H groups in total. The molecule has 88 valence electrons. The van der Waals surface area contributed by atoms with Crippen LogP contribution in [0.1, 0.15) is 0 Å². The van der Waals surface area contributed by atoms with Crippen molar-refractivity contribution in [3.05, 3.63) is 54.3 Å². The molecule has 0 bridgehead atoms. The fraction of sp³-hybridized carbons (Fsp3) is 0. The minimum absolute atomic E-state index is 1.02. The highest BCUT2D eigenvalue weighted by Crippen LogP contribution is 2.31. The SMILES string of the molecule is Brc1cc(Br)cc(Nc2ccc(Br)cc2Br)c1. The van der Waals surface area contributed by atoms with Crippen LogP contribution in [0.2, 0.25) is 0 Å². The Bertz CT molecular complexity index is 534. The zero-order valence-corrected chi connectivity index (χ0v) is 14.8. The van der Waals surface area contributed by atoms with E-state index in [0.29, 0.717) is 0 Å². The molecule has 0 spiro atoms. The summed E-state index contributed by atoms with van der Waals surface area (Å²) < 4.78 is 4.12. The number of halogens is 4. The highest BCUT2D eigenvalue weighted by atomic mass is 79.9. The van der Waals surface area contributed by atoms with Gasteiger partial charge in [-0.15, -0.1) is 0 Å². The first-order valence-corrected chi connectivity index (χ1v) is 7.90. The van der Waals surface area contributed by atoms with Gasteiger partial charge in [0.1, 0.15) is 0 Å². The number of hydrogen-bond donors (Lipinski definition) is 1. The van der Waals surface area contributed by atoms with Crippen molar-refractivity contribution in [1.29, 1.82) is 0 Å². The van der Waals surface area contributed by atoms with Crippen molar-refractivity contribution in [3.8, 4) is 0 Å². The smallest absolute Gasteiger partial charge is 0.0529 e. The lowest BCUT2D eigenvalue weighted by Crippen LogP contribution is -1.91. The largest absolute Gasteiger partial charge is 0.355 e. The van der Waals surface area contributed by atoms with Crippen LogP contribution in [0.25, 0.3) is 0 Å². The second kappa shape index (κ2) is 5.87. The van der Waals surface area contributed by atoms with Gasteiger partial charge in [-0.05, 0) is 52.3 Å². The molecule has 0 aliphatic heterocycles. The summed E-state index contributed by atoms with van der Waals surface area (Å²) in [5.41, 5.74) is 2.05. The van der Waals surface area contributed by atoms with E-state index in [1.165, 1.54) is 0 Å². The molecular weight excluding hydrogens is 478 g/mol. The van der Waals surface area contributed by atoms with Gasteiger partial charge in [0.2, 0.25) is 0 Å². The number of rotatable bonds is 2. The molecule has 2 aromatic carbocycles. The normalized spacial score (nSPS) is 10.4. The lowest BCUT2D eigenvalue weighted by molar-refractivity contribution is 1.49. The molecule has 0 aliphatic rings. The van der Waals surface area contributed by atoms with Crippen molar-refractivity contribution >= 4 is 75.1 Å². The van der Waals surface area contributed by atoms with E-state index in [2.05, 4.69) is 69.0 Å². The van der Waals surface area contributed by atoms with Crippen molar-refractivity contribution in [1.82, 2.24) is 0 Å². The molecule has 0 amide bonds. The maximum absolute atomic E-state index is 3.53. The molecule has 5 heteroatoms. The molecule has 0 fully saturated rings. The van der Waals surface area contributed by atoms with Crippen LogP contribution in [0.5, 0.6) is 0 Å². The number of anilines is 2. The number of benzene rings is 2. The maximum atomic E-state index is 3.53. The van der Waals surface area contributed by atoms with Gasteiger partial charge in [-0.3, -0.25) is 0 Å². The lowest BCUT2D eigenvalue weighted by atomic mass is 10.3. The van der Waals surface area contributed by atoms with Crippen LogP contribution >= 0.6 is 63.7 Å². The fourth-order valence-electron chi connectivity index (χ4n) is 1.37. The molecule has 17 heavy (non-hydrogen) atoms. The zero-order chi connectivity index (χ0) is 12.4. The van der Waals surface area contributed by atoms with E-state index < -0.39 is 0 Å². The molecule has 1 nitrogen and oxygen atoms in total. The predicted molar refractivity (Wildman–Crippen MR) is 87.0 cm³/mol. The Morgan fingerprint density at radius 1 is 0.706 bits per heavy atom. The summed E-state index contributed by atoms with van der Waals surface area (Å²) in [6, 6.07) is 12.1. The van der Waals surface area contributed by atoms with Crippen LogP contribution in [0.15, 0.2) is 54.3 Å². The van der Waals surface area contributed by atoms with Crippen molar-refractivity contribution in [3.63, 3.8) is 0 Å².